The third-order valence-corrected chi connectivity index (χ3v) is 3.33. The van der Waals surface area contributed by atoms with Crippen LogP contribution in [0, 0.1) is 0 Å². The molecule has 0 aliphatic heterocycles. The molecule has 0 N–H and O–H groups in total. The summed E-state index contributed by atoms with van der Waals surface area (Å²) in [5.74, 6) is 0.466. The van der Waals surface area contributed by atoms with E-state index in [1.54, 1.807) is 4.90 Å². The Morgan fingerprint density at radius 1 is 1.35 bits per heavy atom. The Kier molecular flexibility index (Phi) is 5.00. The van der Waals surface area contributed by atoms with Crippen molar-refractivity contribution in [2.45, 2.75) is 32.5 Å². The summed E-state index contributed by atoms with van der Waals surface area (Å²) in [4.78, 5) is 1.77. The molecule has 17 heavy (non-hydrogen) atoms. The maximum absolute atomic E-state index is 12.4. The molecule has 0 aliphatic carbocycles. The summed E-state index contributed by atoms with van der Waals surface area (Å²) < 4.78 is 37.2. The first kappa shape index (κ1) is 14.5. The largest absolute Gasteiger partial charge is 0.445 e. The second kappa shape index (κ2) is 5.86. The number of nitrogens with zero attached hydrogens (tertiary/aromatic N) is 3. The van der Waals surface area contributed by atoms with Gasteiger partial charge in [-0.3, -0.25) is 0 Å². The number of anilines is 1. The average molecular weight is 288 g/mol. The first-order valence-electron chi connectivity index (χ1n) is 5.09. The summed E-state index contributed by atoms with van der Waals surface area (Å²) in [6, 6.07) is 0.0623. The molecule has 0 fully saturated rings. The van der Waals surface area contributed by atoms with Crippen molar-refractivity contribution in [3.05, 3.63) is 5.01 Å². The highest BCUT2D eigenvalue weighted by Crippen LogP contribution is 2.34. The van der Waals surface area contributed by atoms with Crippen LogP contribution in [0.3, 0.4) is 0 Å². The molecular formula is C9H13ClF3N3S. The van der Waals surface area contributed by atoms with E-state index in [-0.39, 0.29) is 11.2 Å². The molecule has 1 aromatic rings. The monoisotopic (exact) mass is 287 g/mol. The Balaban J connectivity index is 2.84. The summed E-state index contributed by atoms with van der Waals surface area (Å²) in [5.41, 5.74) is 0. The van der Waals surface area contributed by atoms with Gasteiger partial charge in [0.15, 0.2) is 0 Å². The zero-order valence-electron chi connectivity index (χ0n) is 9.46. The molecule has 0 aliphatic rings. The van der Waals surface area contributed by atoms with E-state index in [4.69, 9.17) is 11.6 Å². The van der Waals surface area contributed by atoms with Crippen molar-refractivity contribution in [3.63, 3.8) is 0 Å². The molecular weight excluding hydrogens is 275 g/mol. The van der Waals surface area contributed by atoms with Gasteiger partial charge in [-0.15, -0.1) is 21.8 Å². The quantitative estimate of drug-likeness (QED) is 0.777. The van der Waals surface area contributed by atoms with Crippen molar-refractivity contribution in [1.29, 1.82) is 0 Å². The van der Waals surface area contributed by atoms with Gasteiger partial charge in [-0.2, -0.15) is 13.2 Å². The molecule has 0 amide bonds. The Bertz CT molecular complexity index is 354. The van der Waals surface area contributed by atoms with Gasteiger partial charge in [0, 0.05) is 18.5 Å². The zero-order chi connectivity index (χ0) is 13.1. The van der Waals surface area contributed by atoms with Crippen molar-refractivity contribution < 1.29 is 13.2 Å². The van der Waals surface area contributed by atoms with Crippen LogP contribution in [0.2, 0.25) is 0 Å². The van der Waals surface area contributed by atoms with E-state index in [2.05, 4.69) is 10.2 Å². The lowest BCUT2D eigenvalue weighted by molar-refractivity contribution is -0.138. The molecule has 8 heteroatoms. The minimum Gasteiger partial charge on any atom is -0.344 e. The summed E-state index contributed by atoms with van der Waals surface area (Å²) >= 11 is 6.14. The molecule has 0 saturated carbocycles. The number of hydrogen-bond acceptors (Lipinski definition) is 4. The number of alkyl halides is 4. The molecule has 0 atom stereocenters. The zero-order valence-corrected chi connectivity index (χ0v) is 11.0. The van der Waals surface area contributed by atoms with Gasteiger partial charge < -0.3 is 4.90 Å². The van der Waals surface area contributed by atoms with Gasteiger partial charge in [0.2, 0.25) is 10.1 Å². The molecule has 3 nitrogen and oxygen atoms in total. The Morgan fingerprint density at radius 2 is 2.00 bits per heavy atom. The van der Waals surface area contributed by atoms with E-state index >= 15 is 0 Å². The Morgan fingerprint density at radius 3 is 2.41 bits per heavy atom. The van der Waals surface area contributed by atoms with E-state index in [1.165, 1.54) is 0 Å². The third kappa shape index (κ3) is 3.99. The van der Waals surface area contributed by atoms with Gasteiger partial charge in [0.05, 0.1) is 0 Å². The first-order chi connectivity index (χ1) is 7.86. The van der Waals surface area contributed by atoms with E-state index in [1.807, 2.05) is 13.8 Å². The average Bonchev–Trinajstić information content (AvgIpc) is 2.66. The molecule has 0 spiro atoms. The van der Waals surface area contributed by atoms with Crippen LogP contribution >= 0.6 is 22.9 Å². The number of rotatable bonds is 5. The predicted molar refractivity (Wildman–Crippen MR) is 62.7 cm³/mol. The highest BCUT2D eigenvalue weighted by Gasteiger charge is 2.36. The fourth-order valence-corrected chi connectivity index (χ4v) is 2.24. The van der Waals surface area contributed by atoms with Crippen LogP contribution in [0.25, 0.3) is 0 Å². The molecule has 0 unspecified atom stereocenters. The van der Waals surface area contributed by atoms with Crippen molar-refractivity contribution in [2.24, 2.45) is 0 Å². The summed E-state index contributed by atoms with van der Waals surface area (Å²) in [7, 11) is 0. The van der Waals surface area contributed by atoms with Crippen molar-refractivity contribution in [2.75, 3.05) is 17.3 Å². The molecule has 98 valence electrons. The van der Waals surface area contributed by atoms with Gasteiger partial charge in [-0.1, -0.05) is 11.3 Å². The normalized spacial score (nSPS) is 12.2. The Hall–Kier alpha value is -0.560. The lowest BCUT2D eigenvalue weighted by Gasteiger charge is -2.25. The number of halogens is 4. The van der Waals surface area contributed by atoms with E-state index < -0.39 is 11.2 Å². The maximum atomic E-state index is 12.4. The third-order valence-electron chi connectivity index (χ3n) is 2.06. The van der Waals surface area contributed by atoms with Crippen LogP contribution in [0.15, 0.2) is 0 Å². The van der Waals surface area contributed by atoms with Crippen molar-refractivity contribution in [3.8, 4) is 0 Å². The van der Waals surface area contributed by atoms with Crippen LogP contribution in [0.5, 0.6) is 0 Å². The lowest BCUT2D eigenvalue weighted by Crippen LogP contribution is -2.31. The van der Waals surface area contributed by atoms with E-state index in [0.29, 0.717) is 30.2 Å². The minimum absolute atomic E-state index is 0.0623. The van der Waals surface area contributed by atoms with Gasteiger partial charge in [0.25, 0.3) is 0 Å². The van der Waals surface area contributed by atoms with Crippen LogP contribution < -0.4 is 4.90 Å². The molecule has 0 aromatic carbocycles. The first-order valence-corrected chi connectivity index (χ1v) is 6.44. The van der Waals surface area contributed by atoms with Gasteiger partial charge in [-0.05, 0) is 20.3 Å². The number of aromatic nitrogens is 2. The summed E-state index contributed by atoms with van der Waals surface area (Å²) in [6.45, 7) is 4.36. The predicted octanol–water partition coefficient (Wildman–Crippen LogP) is 3.40. The van der Waals surface area contributed by atoms with Crippen LogP contribution in [-0.4, -0.2) is 28.7 Å². The van der Waals surface area contributed by atoms with Gasteiger partial charge in [-0.25, -0.2) is 0 Å². The summed E-state index contributed by atoms with van der Waals surface area (Å²) in [5, 5.41) is 6.13. The SMILES string of the molecule is CC(C)N(CCCCl)c1nnc(C(F)(F)F)s1. The number of hydrogen-bond donors (Lipinski definition) is 0. The van der Waals surface area contributed by atoms with Crippen molar-refractivity contribution >= 4 is 28.1 Å². The molecule has 0 saturated heterocycles. The van der Waals surface area contributed by atoms with Gasteiger partial charge in [0.1, 0.15) is 0 Å². The van der Waals surface area contributed by atoms with Gasteiger partial charge >= 0.3 is 6.18 Å². The highest BCUT2D eigenvalue weighted by atomic mass is 35.5. The molecule has 0 radical (unpaired) electrons. The van der Waals surface area contributed by atoms with Crippen LogP contribution in [0.4, 0.5) is 18.3 Å². The Labute approximate surface area is 107 Å². The smallest absolute Gasteiger partial charge is 0.344 e. The molecule has 0 bridgehead atoms. The standard InChI is InChI=1S/C9H13ClF3N3S/c1-6(2)16(5-3-4-10)8-15-14-7(17-8)9(11,12)13/h6H,3-5H2,1-2H3. The molecule has 1 aromatic heterocycles. The topological polar surface area (TPSA) is 29.0 Å². The van der Waals surface area contributed by atoms with E-state index in [9.17, 15) is 13.2 Å². The maximum Gasteiger partial charge on any atom is 0.445 e. The van der Waals surface area contributed by atoms with Crippen LogP contribution in [0.1, 0.15) is 25.3 Å². The van der Waals surface area contributed by atoms with E-state index in [0.717, 1.165) is 0 Å². The second-order valence-corrected chi connectivity index (χ2v) is 5.05. The fourth-order valence-electron chi connectivity index (χ4n) is 1.25. The summed E-state index contributed by atoms with van der Waals surface area (Å²) in [6.07, 6.45) is -3.73. The lowest BCUT2D eigenvalue weighted by atomic mass is 10.3. The second-order valence-electron chi connectivity index (χ2n) is 3.72. The highest BCUT2D eigenvalue weighted by molar-refractivity contribution is 7.15. The molecule has 1 rings (SSSR count). The molecule has 1 heterocycles. The van der Waals surface area contributed by atoms with Crippen molar-refractivity contribution in [1.82, 2.24) is 10.2 Å². The minimum atomic E-state index is -4.43. The fraction of sp³-hybridized carbons (Fsp3) is 0.778. The van der Waals surface area contributed by atoms with Crippen LogP contribution in [-0.2, 0) is 6.18 Å².